The third-order valence-corrected chi connectivity index (χ3v) is 2.65. The van der Waals surface area contributed by atoms with E-state index in [2.05, 4.69) is 6.07 Å². The van der Waals surface area contributed by atoms with Crippen molar-refractivity contribution in [1.29, 1.82) is 5.26 Å². The summed E-state index contributed by atoms with van der Waals surface area (Å²) in [5.74, 6) is 0.111. The number of ether oxygens (including phenoxy) is 1. The van der Waals surface area contributed by atoms with Gasteiger partial charge in [-0.05, 0) is 19.8 Å². The molecule has 84 valence electrons. The summed E-state index contributed by atoms with van der Waals surface area (Å²) in [6.07, 6.45) is 3.03. The third kappa shape index (κ3) is 3.88. The lowest BCUT2D eigenvalue weighted by molar-refractivity contribution is -0.133. The van der Waals surface area contributed by atoms with Gasteiger partial charge in [0.25, 0.3) is 0 Å². The maximum Gasteiger partial charge on any atom is 0.225 e. The van der Waals surface area contributed by atoms with Crippen molar-refractivity contribution in [2.75, 3.05) is 19.7 Å². The second kappa shape index (κ2) is 6.41. The maximum absolute atomic E-state index is 11.8. The van der Waals surface area contributed by atoms with E-state index in [1.807, 2.05) is 6.92 Å². The predicted molar refractivity (Wildman–Crippen MR) is 56.1 cm³/mol. The monoisotopic (exact) mass is 210 g/mol. The Morgan fingerprint density at radius 2 is 2.47 bits per heavy atom. The van der Waals surface area contributed by atoms with Crippen LogP contribution in [-0.2, 0) is 9.53 Å². The summed E-state index contributed by atoms with van der Waals surface area (Å²) in [5, 5.41) is 8.46. The third-order valence-electron chi connectivity index (χ3n) is 2.65. The number of amides is 1. The summed E-state index contributed by atoms with van der Waals surface area (Å²) in [4.78, 5) is 13.5. The van der Waals surface area contributed by atoms with Crippen LogP contribution < -0.4 is 0 Å². The molecule has 1 heterocycles. The Kier molecular flexibility index (Phi) is 5.13. The second-order valence-corrected chi connectivity index (χ2v) is 3.72. The fourth-order valence-electron chi connectivity index (χ4n) is 1.77. The van der Waals surface area contributed by atoms with Gasteiger partial charge in [0, 0.05) is 19.7 Å². The summed E-state index contributed by atoms with van der Waals surface area (Å²) in [7, 11) is 0. The van der Waals surface area contributed by atoms with E-state index in [4.69, 9.17) is 10.00 Å². The van der Waals surface area contributed by atoms with Crippen LogP contribution in [0.2, 0.25) is 0 Å². The topological polar surface area (TPSA) is 53.3 Å². The van der Waals surface area contributed by atoms with Crippen LogP contribution in [0.25, 0.3) is 0 Å². The molecule has 0 aromatic carbocycles. The van der Waals surface area contributed by atoms with Crippen LogP contribution in [0.15, 0.2) is 0 Å². The highest BCUT2D eigenvalue weighted by Gasteiger charge is 2.21. The Bertz CT molecular complexity index is 241. The zero-order chi connectivity index (χ0) is 11.1. The van der Waals surface area contributed by atoms with E-state index in [0.717, 1.165) is 19.4 Å². The van der Waals surface area contributed by atoms with Crippen LogP contribution in [0.1, 0.15) is 32.6 Å². The van der Waals surface area contributed by atoms with Crippen molar-refractivity contribution in [3.63, 3.8) is 0 Å². The van der Waals surface area contributed by atoms with Crippen LogP contribution >= 0.6 is 0 Å². The Morgan fingerprint density at radius 1 is 1.67 bits per heavy atom. The minimum atomic E-state index is 0.105. The van der Waals surface area contributed by atoms with Gasteiger partial charge in [-0.1, -0.05) is 0 Å². The Hall–Kier alpha value is -1.08. The van der Waals surface area contributed by atoms with E-state index in [-0.39, 0.29) is 12.0 Å². The van der Waals surface area contributed by atoms with Crippen LogP contribution in [0, 0.1) is 11.3 Å². The average Bonchev–Trinajstić information content (AvgIpc) is 2.71. The number of nitriles is 1. The van der Waals surface area contributed by atoms with Crippen LogP contribution in [0.5, 0.6) is 0 Å². The number of carbonyl (C=O) groups excluding carboxylic acids is 1. The molecule has 4 nitrogen and oxygen atoms in total. The number of rotatable bonds is 5. The number of hydrogen-bond donors (Lipinski definition) is 0. The van der Waals surface area contributed by atoms with Gasteiger partial charge in [-0.3, -0.25) is 4.79 Å². The van der Waals surface area contributed by atoms with Gasteiger partial charge in [0.15, 0.2) is 0 Å². The highest BCUT2D eigenvalue weighted by molar-refractivity contribution is 5.76. The van der Waals surface area contributed by atoms with Crippen molar-refractivity contribution >= 4 is 5.91 Å². The molecule has 4 heteroatoms. The second-order valence-electron chi connectivity index (χ2n) is 3.72. The summed E-state index contributed by atoms with van der Waals surface area (Å²) in [6, 6.07) is 2.06. The molecule has 0 aliphatic carbocycles. The molecule has 15 heavy (non-hydrogen) atoms. The molecule has 1 rings (SSSR count). The highest BCUT2D eigenvalue weighted by Crippen LogP contribution is 2.16. The van der Waals surface area contributed by atoms with E-state index in [9.17, 15) is 4.79 Å². The van der Waals surface area contributed by atoms with Crippen LogP contribution in [0.3, 0.4) is 0 Å². The molecule has 1 aliphatic heterocycles. The largest absolute Gasteiger partial charge is 0.378 e. The molecular formula is C11H18N2O2. The van der Waals surface area contributed by atoms with Crippen molar-refractivity contribution in [3.05, 3.63) is 0 Å². The molecule has 0 N–H and O–H groups in total. The smallest absolute Gasteiger partial charge is 0.225 e. The lowest BCUT2D eigenvalue weighted by atomic mass is 10.1. The van der Waals surface area contributed by atoms with Gasteiger partial charge in [0.2, 0.25) is 5.91 Å². The molecule has 0 saturated carbocycles. The SMILES string of the molecule is CCN(CCC#N)C(=O)CC1CCCO1. The van der Waals surface area contributed by atoms with Gasteiger partial charge >= 0.3 is 0 Å². The van der Waals surface area contributed by atoms with Crippen molar-refractivity contribution in [2.24, 2.45) is 0 Å². The first kappa shape index (κ1) is 12.0. The number of carbonyl (C=O) groups is 1. The van der Waals surface area contributed by atoms with E-state index >= 15 is 0 Å². The molecule has 1 fully saturated rings. The quantitative estimate of drug-likeness (QED) is 0.687. The first-order valence-corrected chi connectivity index (χ1v) is 5.54. The minimum absolute atomic E-state index is 0.105. The minimum Gasteiger partial charge on any atom is -0.378 e. The molecule has 0 radical (unpaired) electrons. The summed E-state index contributed by atoms with van der Waals surface area (Å²) < 4.78 is 5.41. The molecule has 1 saturated heterocycles. The van der Waals surface area contributed by atoms with Crippen molar-refractivity contribution in [3.8, 4) is 6.07 Å². The Labute approximate surface area is 90.8 Å². The molecule has 1 amide bonds. The normalized spacial score (nSPS) is 19.9. The van der Waals surface area contributed by atoms with Gasteiger partial charge in [-0.25, -0.2) is 0 Å². The molecule has 1 atom stereocenters. The zero-order valence-corrected chi connectivity index (χ0v) is 9.24. The number of hydrogen-bond acceptors (Lipinski definition) is 3. The first-order chi connectivity index (χ1) is 7.27. The standard InChI is InChI=1S/C11H18N2O2/c1-2-13(7-4-6-12)11(14)9-10-5-3-8-15-10/h10H,2-5,7-9H2,1H3. The molecular weight excluding hydrogens is 192 g/mol. The summed E-state index contributed by atoms with van der Waals surface area (Å²) in [6.45, 7) is 3.93. The van der Waals surface area contributed by atoms with E-state index < -0.39 is 0 Å². The summed E-state index contributed by atoms with van der Waals surface area (Å²) >= 11 is 0. The Morgan fingerprint density at radius 3 is 3.00 bits per heavy atom. The summed E-state index contributed by atoms with van der Waals surface area (Å²) in [5.41, 5.74) is 0. The molecule has 1 unspecified atom stereocenters. The van der Waals surface area contributed by atoms with Crippen molar-refractivity contribution < 1.29 is 9.53 Å². The zero-order valence-electron chi connectivity index (χ0n) is 9.24. The fraction of sp³-hybridized carbons (Fsp3) is 0.818. The van der Waals surface area contributed by atoms with Gasteiger partial charge < -0.3 is 9.64 Å². The van der Waals surface area contributed by atoms with Gasteiger partial charge in [-0.2, -0.15) is 5.26 Å². The van der Waals surface area contributed by atoms with Gasteiger partial charge in [0.1, 0.15) is 0 Å². The van der Waals surface area contributed by atoms with E-state index in [0.29, 0.717) is 25.9 Å². The lowest BCUT2D eigenvalue weighted by Crippen LogP contribution is -2.33. The molecule has 0 aromatic rings. The first-order valence-electron chi connectivity index (χ1n) is 5.54. The highest BCUT2D eigenvalue weighted by atomic mass is 16.5. The molecule has 1 aliphatic rings. The maximum atomic E-state index is 11.8. The molecule has 0 spiro atoms. The molecule has 0 aromatic heterocycles. The average molecular weight is 210 g/mol. The fourth-order valence-corrected chi connectivity index (χ4v) is 1.77. The Balaban J connectivity index is 2.32. The van der Waals surface area contributed by atoms with Gasteiger partial charge in [-0.15, -0.1) is 0 Å². The van der Waals surface area contributed by atoms with E-state index in [1.54, 1.807) is 4.90 Å². The van der Waals surface area contributed by atoms with Gasteiger partial charge in [0.05, 0.1) is 25.0 Å². The lowest BCUT2D eigenvalue weighted by Gasteiger charge is -2.21. The van der Waals surface area contributed by atoms with Crippen LogP contribution in [0.4, 0.5) is 0 Å². The van der Waals surface area contributed by atoms with E-state index in [1.165, 1.54) is 0 Å². The van der Waals surface area contributed by atoms with Crippen molar-refractivity contribution in [2.45, 2.75) is 38.7 Å². The van der Waals surface area contributed by atoms with Crippen molar-refractivity contribution in [1.82, 2.24) is 4.90 Å². The van der Waals surface area contributed by atoms with Crippen LogP contribution in [-0.4, -0.2) is 36.6 Å². The predicted octanol–water partition coefficient (Wildman–Crippen LogP) is 1.32. The molecule has 0 bridgehead atoms. The number of nitrogens with zero attached hydrogens (tertiary/aromatic N) is 2.